The maximum absolute atomic E-state index is 3.49. The van der Waals surface area contributed by atoms with Gasteiger partial charge in [-0.05, 0) is 30.5 Å². The third kappa shape index (κ3) is 5.55. The number of hydrogen-bond acceptors (Lipinski definition) is 3. The zero-order valence-corrected chi connectivity index (χ0v) is 12.3. The van der Waals surface area contributed by atoms with Gasteiger partial charge in [-0.3, -0.25) is 0 Å². The largest absolute Gasteiger partial charge is 0.311 e. The SMILES string of the molecule is CN(CCNCc1cccs1)CCc1ccccc1. The molecule has 0 atom stereocenters. The Balaban J connectivity index is 1.56. The quantitative estimate of drug-likeness (QED) is 0.744. The molecule has 0 unspecified atom stereocenters. The van der Waals surface area contributed by atoms with Crippen LogP contribution in [0.5, 0.6) is 0 Å². The van der Waals surface area contributed by atoms with E-state index >= 15 is 0 Å². The number of likely N-dealkylation sites (N-methyl/N-ethyl adjacent to an activating group) is 1. The summed E-state index contributed by atoms with van der Waals surface area (Å²) in [5, 5.41) is 5.61. The molecule has 0 saturated heterocycles. The van der Waals surface area contributed by atoms with Gasteiger partial charge in [0.05, 0.1) is 0 Å². The lowest BCUT2D eigenvalue weighted by Crippen LogP contribution is -2.30. The van der Waals surface area contributed by atoms with Crippen LogP contribution in [0.1, 0.15) is 10.4 Å². The molecule has 0 aliphatic carbocycles. The molecule has 0 spiro atoms. The van der Waals surface area contributed by atoms with Gasteiger partial charge >= 0.3 is 0 Å². The average Bonchev–Trinajstić information content (AvgIpc) is 2.96. The highest BCUT2D eigenvalue weighted by Crippen LogP contribution is 2.07. The molecule has 1 aromatic carbocycles. The van der Waals surface area contributed by atoms with Gasteiger partial charge in [-0.2, -0.15) is 0 Å². The minimum atomic E-state index is 0.990. The number of hydrogen-bond donors (Lipinski definition) is 1. The first-order valence-electron chi connectivity index (χ1n) is 6.80. The van der Waals surface area contributed by atoms with Gasteiger partial charge in [0.15, 0.2) is 0 Å². The Morgan fingerprint density at radius 3 is 2.63 bits per heavy atom. The normalized spacial score (nSPS) is 11.1. The Kier molecular flexibility index (Phi) is 6.08. The fourth-order valence-electron chi connectivity index (χ4n) is 1.97. The molecule has 0 amide bonds. The molecule has 0 aliphatic rings. The number of benzene rings is 1. The molecule has 2 nitrogen and oxygen atoms in total. The Morgan fingerprint density at radius 1 is 1.05 bits per heavy atom. The first-order valence-corrected chi connectivity index (χ1v) is 7.68. The zero-order chi connectivity index (χ0) is 13.3. The first-order chi connectivity index (χ1) is 9.34. The van der Waals surface area contributed by atoms with Crippen LogP contribution in [0.25, 0.3) is 0 Å². The molecule has 1 aromatic heterocycles. The van der Waals surface area contributed by atoms with Crippen LogP contribution >= 0.6 is 11.3 Å². The first kappa shape index (κ1) is 14.3. The summed E-state index contributed by atoms with van der Waals surface area (Å²) in [7, 11) is 2.19. The van der Waals surface area contributed by atoms with Gasteiger partial charge in [-0.15, -0.1) is 11.3 Å². The number of nitrogens with one attached hydrogen (secondary N) is 1. The second-order valence-corrected chi connectivity index (χ2v) is 5.83. The van der Waals surface area contributed by atoms with Crippen molar-refractivity contribution in [3.63, 3.8) is 0 Å². The highest BCUT2D eigenvalue weighted by Gasteiger charge is 1.99. The van der Waals surface area contributed by atoms with Crippen LogP contribution in [0.15, 0.2) is 47.8 Å². The van der Waals surface area contributed by atoms with E-state index in [0.717, 1.165) is 32.6 Å². The molecule has 2 rings (SSSR count). The Morgan fingerprint density at radius 2 is 1.89 bits per heavy atom. The van der Waals surface area contributed by atoms with Crippen LogP contribution in [0.2, 0.25) is 0 Å². The average molecular weight is 274 g/mol. The van der Waals surface area contributed by atoms with Crippen LogP contribution < -0.4 is 5.32 Å². The monoisotopic (exact) mass is 274 g/mol. The minimum absolute atomic E-state index is 0.990. The van der Waals surface area contributed by atoms with Crippen molar-refractivity contribution in [2.45, 2.75) is 13.0 Å². The summed E-state index contributed by atoms with van der Waals surface area (Å²) in [6.07, 6.45) is 1.13. The van der Waals surface area contributed by atoms with Gasteiger partial charge in [0, 0.05) is 31.1 Å². The fourth-order valence-corrected chi connectivity index (χ4v) is 2.65. The summed E-state index contributed by atoms with van der Waals surface area (Å²) in [5.41, 5.74) is 1.42. The number of nitrogens with zero attached hydrogens (tertiary/aromatic N) is 1. The molecule has 0 fully saturated rings. The summed E-state index contributed by atoms with van der Waals surface area (Å²) in [4.78, 5) is 3.79. The van der Waals surface area contributed by atoms with Crippen LogP contribution in [0.3, 0.4) is 0 Å². The molecule has 19 heavy (non-hydrogen) atoms. The van der Waals surface area contributed by atoms with E-state index in [2.05, 4.69) is 65.1 Å². The van der Waals surface area contributed by atoms with Crippen LogP contribution in [0.4, 0.5) is 0 Å². The highest BCUT2D eigenvalue weighted by molar-refractivity contribution is 7.09. The van der Waals surface area contributed by atoms with Crippen molar-refractivity contribution in [2.24, 2.45) is 0 Å². The van der Waals surface area contributed by atoms with Gasteiger partial charge < -0.3 is 10.2 Å². The number of rotatable bonds is 8. The van der Waals surface area contributed by atoms with Gasteiger partial charge in [0.25, 0.3) is 0 Å². The molecule has 1 heterocycles. The maximum atomic E-state index is 3.49. The minimum Gasteiger partial charge on any atom is -0.311 e. The molecular formula is C16H22N2S. The Hall–Kier alpha value is -1.16. The van der Waals surface area contributed by atoms with Crippen LogP contribution in [-0.4, -0.2) is 31.6 Å². The molecular weight excluding hydrogens is 252 g/mol. The summed E-state index contributed by atoms with van der Waals surface area (Å²) in [5.74, 6) is 0. The Labute approximate surface area is 120 Å². The molecule has 1 N–H and O–H groups in total. The van der Waals surface area contributed by atoms with Crippen molar-refractivity contribution in [2.75, 3.05) is 26.7 Å². The number of thiophene rings is 1. The van der Waals surface area contributed by atoms with Crippen molar-refractivity contribution >= 4 is 11.3 Å². The van der Waals surface area contributed by atoms with Gasteiger partial charge in [0.2, 0.25) is 0 Å². The van der Waals surface area contributed by atoms with Gasteiger partial charge in [-0.25, -0.2) is 0 Å². The van der Waals surface area contributed by atoms with Crippen LogP contribution in [0, 0.1) is 0 Å². The lowest BCUT2D eigenvalue weighted by atomic mass is 10.1. The zero-order valence-electron chi connectivity index (χ0n) is 11.5. The van der Waals surface area contributed by atoms with Crippen molar-refractivity contribution in [1.82, 2.24) is 10.2 Å². The lowest BCUT2D eigenvalue weighted by molar-refractivity contribution is 0.335. The van der Waals surface area contributed by atoms with E-state index in [1.165, 1.54) is 10.4 Å². The van der Waals surface area contributed by atoms with Crippen LogP contribution in [-0.2, 0) is 13.0 Å². The van der Waals surface area contributed by atoms with Crippen molar-refractivity contribution in [1.29, 1.82) is 0 Å². The molecule has 3 heteroatoms. The van der Waals surface area contributed by atoms with E-state index in [1.54, 1.807) is 0 Å². The maximum Gasteiger partial charge on any atom is 0.0300 e. The standard InChI is InChI=1S/C16H22N2S/c1-18(11-9-15-6-3-2-4-7-15)12-10-17-14-16-8-5-13-19-16/h2-8,13,17H,9-12,14H2,1H3. The van der Waals surface area contributed by atoms with E-state index in [4.69, 9.17) is 0 Å². The Bertz CT molecular complexity index is 439. The summed E-state index contributed by atoms with van der Waals surface area (Å²) in [6.45, 7) is 4.25. The molecule has 102 valence electrons. The highest BCUT2D eigenvalue weighted by atomic mass is 32.1. The van der Waals surface area contributed by atoms with Crippen molar-refractivity contribution in [3.8, 4) is 0 Å². The fraction of sp³-hybridized carbons (Fsp3) is 0.375. The topological polar surface area (TPSA) is 15.3 Å². The molecule has 0 saturated carbocycles. The molecule has 0 bridgehead atoms. The van der Waals surface area contributed by atoms with Crippen molar-refractivity contribution < 1.29 is 0 Å². The van der Waals surface area contributed by atoms with E-state index < -0.39 is 0 Å². The van der Waals surface area contributed by atoms with E-state index in [1.807, 2.05) is 11.3 Å². The third-order valence-electron chi connectivity index (χ3n) is 3.17. The van der Waals surface area contributed by atoms with Gasteiger partial charge in [-0.1, -0.05) is 36.4 Å². The molecule has 0 radical (unpaired) electrons. The summed E-state index contributed by atoms with van der Waals surface area (Å²) in [6, 6.07) is 15.0. The summed E-state index contributed by atoms with van der Waals surface area (Å²) >= 11 is 1.81. The van der Waals surface area contributed by atoms with Crippen molar-refractivity contribution in [3.05, 3.63) is 58.3 Å². The van der Waals surface area contributed by atoms with E-state index in [-0.39, 0.29) is 0 Å². The molecule has 0 aliphatic heterocycles. The van der Waals surface area contributed by atoms with E-state index in [9.17, 15) is 0 Å². The molecule has 2 aromatic rings. The predicted octanol–water partition coefficient (Wildman–Crippen LogP) is 3.01. The smallest absolute Gasteiger partial charge is 0.0300 e. The van der Waals surface area contributed by atoms with E-state index in [0.29, 0.717) is 0 Å². The second kappa shape index (κ2) is 8.10. The lowest BCUT2D eigenvalue weighted by Gasteiger charge is -2.16. The third-order valence-corrected chi connectivity index (χ3v) is 4.05. The predicted molar refractivity (Wildman–Crippen MR) is 83.7 cm³/mol. The van der Waals surface area contributed by atoms with Gasteiger partial charge in [0.1, 0.15) is 0 Å². The second-order valence-electron chi connectivity index (χ2n) is 4.80. The summed E-state index contributed by atoms with van der Waals surface area (Å²) < 4.78 is 0.